The molecule has 1 aromatic heterocycles. The Morgan fingerprint density at radius 3 is 3.00 bits per heavy atom. The zero-order chi connectivity index (χ0) is 13.7. The molecule has 0 radical (unpaired) electrons. The topological polar surface area (TPSA) is 76.4 Å². The lowest BCUT2D eigenvalue weighted by Crippen LogP contribution is -2.14. The quantitative estimate of drug-likeness (QED) is 0.741. The number of carbonyl (C=O) groups is 1. The van der Waals surface area contributed by atoms with Crippen molar-refractivity contribution < 1.29 is 14.6 Å². The van der Waals surface area contributed by atoms with Crippen LogP contribution in [-0.4, -0.2) is 40.9 Å². The molecule has 2 rings (SSSR count). The minimum absolute atomic E-state index is 0.104. The molecule has 0 atom stereocenters. The maximum Gasteiger partial charge on any atom is 0.323 e. The Morgan fingerprint density at radius 2 is 2.26 bits per heavy atom. The van der Waals surface area contributed by atoms with E-state index < -0.39 is 5.97 Å². The first-order chi connectivity index (χ1) is 9.22. The fourth-order valence-corrected chi connectivity index (χ4v) is 1.92. The third-order valence-corrected chi connectivity index (χ3v) is 2.76. The van der Waals surface area contributed by atoms with Crippen LogP contribution < -0.4 is 5.32 Å². The number of hydrogen-bond acceptors (Lipinski definition) is 4. The summed E-state index contributed by atoms with van der Waals surface area (Å²) in [6.45, 7) is 1.25. The number of rotatable bonds is 7. The first-order valence-corrected chi connectivity index (χ1v) is 6.12. The lowest BCUT2D eigenvalue weighted by atomic mass is 10.3. The molecule has 0 aliphatic rings. The van der Waals surface area contributed by atoms with Gasteiger partial charge < -0.3 is 15.2 Å². The highest BCUT2D eigenvalue weighted by Gasteiger charge is 2.12. The molecule has 0 spiro atoms. The third kappa shape index (κ3) is 3.23. The summed E-state index contributed by atoms with van der Waals surface area (Å²) >= 11 is 0. The molecule has 0 bridgehead atoms. The van der Waals surface area contributed by atoms with E-state index in [0.717, 1.165) is 17.5 Å². The van der Waals surface area contributed by atoms with Gasteiger partial charge in [0.2, 0.25) is 5.95 Å². The first-order valence-electron chi connectivity index (χ1n) is 6.12. The van der Waals surface area contributed by atoms with Gasteiger partial charge in [-0.05, 0) is 18.6 Å². The Balaban J connectivity index is 2.22. The van der Waals surface area contributed by atoms with Crippen LogP contribution in [0.1, 0.15) is 6.42 Å². The van der Waals surface area contributed by atoms with Crippen molar-refractivity contribution in [2.45, 2.75) is 13.0 Å². The largest absolute Gasteiger partial charge is 0.480 e. The second-order valence-electron chi connectivity index (χ2n) is 4.18. The van der Waals surface area contributed by atoms with Crippen LogP contribution >= 0.6 is 0 Å². The zero-order valence-corrected chi connectivity index (χ0v) is 10.8. The summed E-state index contributed by atoms with van der Waals surface area (Å²) in [5, 5.41) is 12.1. The summed E-state index contributed by atoms with van der Waals surface area (Å²) in [6, 6.07) is 7.49. The number of carboxylic acids is 1. The van der Waals surface area contributed by atoms with Gasteiger partial charge in [0.05, 0.1) is 11.0 Å². The minimum atomic E-state index is -0.886. The van der Waals surface area contributed by atoms with Crippen LogP contribution in [0.5, 0.6) is 0 Å². The number of methoxy groups -OCH3 is 1. The van der Waals surface area contributed by atoms with Gasteiger partial charge in [0, 0.05) is 20.3 Å². The first kappa shape index (κ1) is 13.4. The molecule has 0 saturated carbocycles. The second kappa shape index (κ2) is 6.19. The number of anilines is 1. The Labute approximate surface area is 111 Å². The highest BCUT2D eigenvalue weighted by molar-refractivity contribution is 5.81. The molecule has 6 nitrogen and oxygen atoms in total. The third-order valence-electron chi connectivity index (χ3n) is 2.76. The number of carboxylic acid groups (broad SMARTS) is 1. The van der Waals surface area contributed by atoms with Gasteiger partial charge in [0.1, 0.15) is 6.54 Å². The highest BCUT2D eigenvalue weighted by Crippen LogP contribution is 2.19. The number of ether oxygens (including phenoxy) is 1. The van der Waals surface area contributed by atoms with E-state index in [1.807, 2.05) is 24.3 Å². The van der Waals surface area contributed by atoms with Crippen LogP contribution in [0.4, 0.5) is 5.95 Å². The van der Waals surface area contributed by atoms with Crippen molar-refractivity contribution in [3.63, 3.8) is 0 Å². The van der Waals surface area contributed by atoms with E-state index in [4.69, 9.17) is 9.84 Å². The predicted molar refractivity (Wildman–Crippen MR) is 72.4 cm³/mol. The monoisotopic (exact) mass is 263 g/mol. The average Bonchev–Trinajstić information content (AvgIpc) is 2.73. The summed E-state index contributed by atoms with van der Waals surface area (Å²) in [5.74, 6) is -0.303. The number of imidazole rings is 1. The molecule has 0 fully saturated rings. The van der Waals surface area contributed by atoms with E-state index in [-0.39, 0.29) is 6.54 Å². The summed E-state index contributed by atoms with van der Waals surface area (Å²) in [4.78, 5) is 15.4. The van der Waals surface area contributed by atoms with Crippen molar-refractivity contribution in [3.8, 4) is 0 Å². The molecular formula is C13H17N3O3. The molecule has 19 heavy (non-hydrogen) atoms. The molecule has 0 unspecified atom stereocenters. The summed E-state index contributed by atoms with van der Waals surface area (Å²) in [5.41, 5.74) is 1.61. The van der Waals surface area contributed by atoms with Gasteiger partial charge in [0.25, 0.3) is 0 Å². The highest BCUT2D eigenvalue weighted by atomic mass is 16.5. The second-order valence-corrected chi connectivity index (χ2v) is 4.18. The Morgan fingerprint density at radius 1 is 1.47 bits per heavy atom. The van der Waals surface area contributed by atoms with E-state index in [0.29, 0.717) is 19.1 Å². The maximum absolute atomic E-state index is 10.9. The standard InChI is InChI=1S/C13H17N3O3/c1-19-8-4-7-14-13-15-10-5-2-3-6-11(10)16(13)9-12(17)18/h2-3,5-6H,4,7-9H2,1H3,(H,14,15)(H,17,18). The number of hydrogen-bond donors (Lipinski definition) is 2. The average molecular weight is 263 g/mol. The molecule has 2 N–H and O–H groups in total. The van der Waals surface area contributed by atoms with Gasteiger partial charge in [-0.25, -0.2) is 4.98 Å². The van der Waals surface area contributed by atoms with Crippen molar-refractivity contribution in [1.29, 1.82) is 0 Å². The maximum atomic E-state index is 10.9. The fourth-order valence-electron chi connectivity index (χ4n) is 1.92. The molecule has 0 amide bonds. The van der Waals surface area contributed by atoms with Crippen molar-refractivity contribution in [3.05, 3.63) is 24.3 Å². The number of aromatic nitrogens is 2. The number of nitrogens with one attached hydrogen (secondary N) is 1. The lowest BCUT2D eigenvalue weighted by molar-refractivity contribution is -0.137. The van der Waals surface area contributed by atoms with Crippen LogP contribution in [0, 0.1) is 0 Å². The zero-order valence-electron chi connectivity index (χ0n) is 10.8. The van der Waals surface area contributed by atoms with Gasteiger partial charge in [-0.3, -0.25) is 9.36 Å². The number of benzene rings is 1. The minimum Gasteiger partial charge on any atom is -0.480 e. The molecule has 0 saturated heterocycles. The number of nitrogens with zero attached hydrogens (tertiary/aromatic N) is 2. The smallest absolute Gasteiger partial charge is 0.323 e. The van der Waals surface area contributed by atoms with Gasteiger partial charge in [-0.15, -0.1) is 0 Å². The van der Waals surface area contributed by atoms with Crippen LogP contribution in [0.2, 0.25) is 0 Å². The molecule has 0 aliphatic carbocycles. The van der Waals surface area contributed by atoms with E-state index in [9.17, 15) is 4.79 Å². The van der Waals surface area contributed by atoms with Crippen LogP contribution in [0.15, 0.2) is 24.3 Å². The Kier molecular flexibility index (Phi) is 4.35. The van der Waals surface area contributed by atoms with Gasteiger partial charge in [0.15, 0.2) is 0 Å². The van der Waals surface area contributed by atoms with Crippen molar-refractivity contribution in [1.82, 2.24) is 9.55 Å². The summed E-state index contributed by atoms with van der Waals surface area (Å²) in [6.07, 6.45) is 0.840. The van der Waals surface area contributed by atoms with E-state index in [2.05, 4.69) is 10.3 Å². The summed E-state index contributed by atoms with van der Waals surface area (Å²) < 4.78 is 6.64. The van der Waals surface area contributed by atoms with Gasteiger partial charge in [-0.1, -0.05) is 12.1 Å². The van der Waals surface area contributed by atoms with Crippen LogP contribution in [0.3, 0.4) is 0 Å². The van der Waals surface area contributed by atoms with E-state index in [1.54, 1.807) is 11.7 Å². The molecule has 0 aliphatic heterocycles. The van der Waals surface area contributed by atoms with Crippen LogP contribution in [-0.2, 0) is 16.1 Å². The van der Waals surface area contributed by atoms with E-state index >= 15 is 0 Å². The molecular weight excluding hydrogens is 246 g/mol. The van der Waals surface area contributed by atoms with E-state index in [1.165, 1.54) is 0 Å². The van der Waals surface area contributed by atoms with Crippen molar-refractivity contribution in [2.24, 2.45) is 0 Å². The van der Waals surface area contributed by atoms with Gasteiger partial charge >= 0.3 is 5.97 Å². The molecule has 102 valence electrons. The number of aliphatic carboxylic acids is 1. The number of para-hydroxylation sites is 2. The molecule has 1 heterocycles. The molecule has 1 aromatic carbocycles. The molecule has 2 aromatic rings. The Bertz CT molecular complexity index is 565. The lowest BCUT2D eigenvalue weighted by Gasteiger charge is -2.08. The van der Waals surface area contributed by atoms with Crippen molar-refractivity contribution >= 4 is 23.0 Å². The number of fused-ring (bicyclic) bond motifs is 1. The molecule has 6 heteroatoms. The van der Waals surface area contributed by atoms with Gasteiger partial charge in [-0.2, -0.15) is 0 Å². The summed E-state index contributed by atoms with van der Waals surface area (Å²) in [7, 11) is 1.65. The fraction of sp³-hybridized carbons (Fsp3) is 0.385. The SMILES string of the molecule is COCCCNc1nc2ccccc2n1CC(=O)O. The Hall–Kier alpha value is -2.08. The normalized spacial score (nSPS) is 10.8. The van der Waals surface area contributed by atoms with Crippen molar-refractivity contribution in [2.75, 3.05) is 25.6 Å². The predicted octanol–water partition coefficient (Wildman–Crippen LogP) is 1.57. The van der Waals surface area contributed by atoms with Crippen LogP contribution in [0.25, 0.3) is 11.0 Å².